The molecule has 2 rings (SSSR count). The first-order valence-corrected chi connectivity index (χ1v) is 7.11. The Hall–Kier alpha value is -1.39. The van der Waals surface area contributed by atoms with Crippen LogP contribution in [0.4, 0.5) is 11.4 Å². The number of nitrogens with one attached hydrogen (secondary N) is 1. The van der Waals surface area contributed by atoms with Crippen molar-refractivity contribution in [1.29, 1.82) is 0 Å². The van der Waals surface area contributed by atoms with Gasteiger partial charge in [-0.3, -0.25) is 0 Å². The number of aryl methyl sites for hydroxylation is 2. The lowest BCUT2D eigenvalue weighted by Crippen LogP contribution is -2.11. The first-order valence-electron chi connectivity index (χ1n) is 5.91. The minimum atomic E-state index is 0.431. The molecule has 19 heavy (non-hydrogen) atoms. The molecule has 0 aliphatic carbocycles. The normalized spacial score (nSPS) is 10.3. The summed E-state index contributed by atoms with van der Waals surface area (Å²) in [5, 5.41) is 3.38. The van der Waals surface area contributed by atoms with Gasteiger partial charge in [0.15, 0.2) is 0 Å². The topological polar surface area (TPSA) is 38.0 Å². The molecule has 0 bridgehead atoms. The fourth-order valence-corrected chi connectivity index (χ4v) is 2.72. The van der Waals surface area contributed by atoms with Crippen LogP contribution in [-0.4, -0.2) is 4.99 Å². The zero-order valence-electron chi connectivity index (χ0n) is 10.8. The third-order valence-electron chi connectivity index (χ3n) is 2.90. The summed E-state index contributed by atoms with van der Waals surface area (Å²) in [5.41, 5.74) is 10.9. The average molecular weight is 335 g/mol. The molecule has 3 N–H and O–H groups in total. The van der Waals surface area contributed by atoms with Gasteiger partial charge in [0.05, 0.1) is 5.69 Å². The van der Waals surface area contributed by atoms with E-state index in [-0.39, 0.29) is 0 Å². The summed E-state index contributed by atoms with van der Waals surface area (Å²) < 4.78 is 1.04. The predicted octanol–water partition coefficient (Wildman–Crippen LogP) is 4.44. The maximum atomic E-state index is 5.66. The van der Waals surface area contributed by atoms with Crippen molar-refractivity contribution in [2.24, 2.45) is 5.73 Å². The third-order valence-corrected chi connectivity index (χ3v) is 3.77. The van der Waals surface area contributed by atoms with Gasteiger partial charge in [0, 0.05) is 15.7 Å². The molecule has 2 nitrogen and oxygen atoms in total. The maximum Gasteiger partial charge on any atom is 0.104 e. The fraction of sp³-hybridized carbons (Fsp3) is 0.133. The Balaban J connectivity index is 2.29. The number of hydrogen-bond donors (Lipinski definition) is 2. The molecule has 0 atom stereocenters. The van der Waals surface area contributed by atoms with Gasteiger partial charge in [0.2, 0.25) is 0 Å². The van der Waals surface area contributed by atoms with Crippen LogP contribution in [0.5, 0.6) is 0 Å². The highest BCUT2D eigenvalue weighted by Gasteiger charge is 2.04. The highest BCUT2D eigenvalue weighted by Crippen LogP contribution is 2.27. The molecule has 0 aliphatic heterocycles. The molecule has 0 spiro atoms. The largest absolute Gasteiger partial charge is 0.389 e. The van der Waals surface area contributed by atoms with Crippen molar-refractivity contribution in [2.75, 3.05) is 5.32 Å². The van der Waals surface area contributed by atoms with Crippen LogP contribution in [0, 0.1) is 13.8 Å². The van der Waals surface area contributed by atoms with Crippen molar-refractivity contribution in [3.8, 4) is 0 Å². The maximum absolute atomic E-state index is 5.66. The van der Waals surface area contributed by atoms with E-state index in [9.17, 15) is 0 Å². The number of nitrogens with two attached hydrogens (primary N) is 1. The van der Waals surface area contributed by atoms with Crippen molar-refractivity contribution in [3.63, 3.8) is 0 Å². The quantitative estimate of drug-likeness (QED) is 0.814. The Kier molecular flexibility index (Phi) is 4.22. The number of rotatable bonds is 3. The van der Waals surface area contributed by atoms with E-state index in [1.165, 1.54) is 5.56 Å². The third kappa shape index (κ3) is 3.33. The van der Waals surface area contributed by atoms with Crippen LogP contribution in [0.2, 0.25) is 0 Å². The Morgan fingerprint density at radius 2 is 1.89 bits per heavy atom. The Labute approximate surface area is 127 Å². The van der Waals surface area contributed by atoms with E-state index in [1.54, 1.807) is 0 Å². The Morgan fingerprint density at radius 3 is 2.47 bits per heavy atom. The molecule has 2 aromatic rings. The highest BCUT2D eigenvalue weighted by molar-refractivity contribution is 9.10. The molecular formula is C15H15BrN2S. The fourth-order valence-electron chi connectivity index (χ4n) is 1.89. The SMILES string of the molecule is Cc1ccc(Nc2ccc(C(N)=S)c(C)c2)c(Br)c1. The van der Waals surface area contributed by atoms with Crippen LogP contribution < -0.4 is 11.1 Å². The number of halogens is 1. The van der Waals surface area contributed by atoms with Crippen molar-refractivity contribution in [3.05, 3.63) is 57.6 Å². The van der Waals surface area contributed by atoms with E-state index in [0.29, 0.717) is 4.99 Å². The van der Waals surface area contributed by atoms with Gasteiger partial charge in [0.1, 0.15) is 4.99 Å². The lowest BCUT2D eigenvalue weighted by Gasteiger charge is -2.11. The number of anilines is 2. The monoisotopic (exact) mass is 334 g/mol. The van der Waals surface area contributed by atoms with E-state index in [4.69, 9.17) is 18.0 Å². The smallest absolute Gasteiger partial charge is 0.104 e. The summed E-state index contributed by atoms with van der Waals surface area (Å²) in [5.74, 6) is 0. The molecule has 0 saturated heterocycles. The van der Waals surface area contributed by atoms with Crippen molar-refractivity contribution in [2.45, 2.75) is 13.8 Å². The lowest BCUT2D eigenvalue weighted by molar-refractivity contribution is 1.40. The summed E-state index contributed by atoms with van der Waals surface area (Å²) in [6, 6.07) is 12.2. The zero-order valence-corrected chi connectivity index (χ0v) is 13.2. The summed E-state index contributed by atoms with van der Waals surface area (Å²) >= 11 is 8.57. The first kappa shape index (κ1) is 14.0. The lowest BCUT2D eigenvalue weighted by atomic mass is 10.1. The van der Waals surface area contributed by atoms with Gasteiger partial charge in [-0.05, 0) is 71.2 Å². The standard InChI is InChI=1S/C15H15BrN2S/c1-9-3-6-14(13(16)7-9)18-11-4-5-12(15(17)19)10(2)8-11/h3-8,18H,1-2H3,(H2,17,19). The molecule has 2 aromatic carbocycles. The molecule has 0 aliphatic rings. The zero-order chi connectivity index (χ0) is 14.0. The first-order chi connectivity index (χ1) is 8.97. The summed E-state index contributed by atoms with van der Waals surface area (Å²) in [6.07, 6.45) is 0. The van der Waals surface area contributed by atoms with Crippen LogP contribution in [0.1, 0.15) is 16.7 Å². The van der Waals surface area contributed by atoms with Crippen molar-refractivity contribution >= 4 is 44.5 Å². The average Bonchev–Trinajstić information content (AvgIpc) is 2.32. The van der Waals surface area contributed by atoms with Crippen LogP contribution >= 0.6 is 28.1 Å². The number of benzene rings is 2. The van der Waals surface area contributed by atoms with Gasteiger partial charge >= 0.3 is 0 Å². The van der Waals surface area contributed by atoms with Gasteiger partial charge in [0.25, 0.3) is 0 Å². The van der Waals surface area contributed by atoms with Gasteiger partial charge in [-0.1, -0.05) is 18.3 Å². The molecule has 0 unspecified atom stereocenters. The van der Waals surface area contributed by atoms with Gasteiger partial charge < -0.3 is 11.1 Å². The van der Waals surface area contributed by atoms with Gasteiger partial charge in [-0.15, -0.1) is 0 Å². The molecule has 0 heterocycles. The van der Waals surface area contributed by atoms with E-state index in [0.717, 1.165) is 27.0 Å². The van der Waals surface area contributed by atoms with E-state index in [1.807, 2.05) is 25.1 Å². The number of thiocarbonyl (C=S) groups is 1. The summed E-state index contributed by atoms with van der Waals surface area (Å²) in [7, 11) is 0. The van der Waals surface area contributed by atoms with Crippen molar-refractivity contribution in [1.82, 2.24) is 0 Å². The Bertz CT molecular complexity index is 638. The molecular weight excluding hydrogens is 320 g/mol. The molecule has 0 aromatic heterocycles. The minimum absolute atomic E-state index is 0.431. The molecule has 0 amide bonds. The minimum Gasteiger partial charge on any atom is -0.389 e. The van der Waals surface area contributed by atoms with Crippen LogP contribution in [0.25, 0.3) is 0 Å². The second-order valence-corrected chi connectivity index (χ2v) is 5.80. The molecule has 0 saturated carbocycles. The second-order valence-electron chi connectivity index (χ2n) is 4.50. The highest BCUT2D eigenvalue weighted by atomic mass is 79.9. The van der Waals surface area contributed by atoms with E-state index < -0.39 is 0 Å². The molecule has 0 radical (unpaired) electrons. The van der Waals surface area contributed by atoms with E-state index >= 15 is 0 Å². The van der Waals surface area contributed by atoms with Crippen LogP contribution in [-0.2, 0) is 0 Å². The molecule has 4 heteroatoms. The molecule has 98 valence electrons. The summed E-state index contributed by atoms with van der Waals surface area (Å²) in [4.78, 5) is 0.431. The molecule has 0 fully saturated rings. The number of hydrogen-bond acceptors (Lipinski definition) is 2. The Morgan fingerprint density at radius 1 is 1.16 bits per heavy atom. The second kappa shape index (κ2) is 5.72. The van der Waals surface area contributed by atoms with Crippen LogP contribution in [0.15, 0.2) is 40.9 Å². The van der Waals surface area contributed by atoms with Gasteiger partial charge in [-0.25, -0.2) is 0 Å². The van der Waals surface area contributed by atoms with Gasteiger partial charge in [-0.2, -0.15) is 0 Å². The summed E-state index contributed by atoms with van der Waals surface area (Å²) in [6.45, 7) is 4.07. The predicted molar refractivity (Wildman–Crippen MR) is 89.2 cm³/mol. The van der Waals surface area contributed by atoms with Crippen molar-refractivity contribution < 1.29 is 0 Å². The van der Waals surface area contributed by atoms with E-state index in [2.05, 4.69) is 46.4 Å². The van der Waals surface area contributed by atoms with Crippen LogP contribution in [0.3, 0.4) is 0 Å².